The molecule has 0 amide bonds. The van der Waals surface area contributed by atoms with Crippen molar-refractivity contribution >= 4 is 28.4 Å². The summed E-state index contributed by atoms with van der Waals surface area (Å²) < 4.78 is 48.9. The Morgan fingerprint density at radius 2 is 1.94 bits per heavy atom. The summed E-state index contributed by atoms with van der Waals surface area (Å²) >= 11 is 5.67. The maximum atomic E-state index is 12.4. The Morgan fingerprint density at radius 1 is 1.39 bits per heavy atom. The fourth-order valence-electron chi connectivity index (χ4n) is 1.18. The SMILES string of the molecule is O=C(O)C(CS(=O)c1ccccc1Cl)C(F)(F)F. The smallest absolute Gasteiger partial charge is 0.403 e. The summed E-state index contributed by atoms with van der Waals surface area (Å²) in [5, 5.41) is 8.53. The van der Waals surface area contributed by atoms with Crippen molar-refractivity contribution in [3.8, 4) is 0 Å². The van der Waals surface area contributed by atoms with Gasteiger partial charge in [0.05, 0.1) is 26.5 Å². The van der Waals surface area contributed by atoms with E-state index in [1.807, 2.05) is 0 Å². The van der Waals surface area contributed by atoms with Gasteiger partial charge in [-0.15, -0.1) is 0 Å². The first-order valence-corrected chi connectivity index (χ1v) is 6.35. The number of carboxylic acid groups (broad SMARTS) is 1. The maximum absolute atomic E-state index is 12.4. The molecule has 0 saturated heterocycles. The average molecular weight is 301 g/mol. The van der Waals surface area contributed by atoms with Gasteiger partial charge in [-0.2, -0.15) is 13.2 Å². The third-order valence-electron chi connectivity index (χ3n) is 2.09. The summed E-state index contributed by atoms with van der Waals surface area (Å²) in [6, 6.07) is 5.66. The Hall–Kier alpha value is -1.08. The zero-order valence-electron chi connectivity index (χ0n) is 8.78. The minimum atomic E-state index is -4.94. The van der Waals surface area contributed by atoms with E-state index >= 15 is 0 Å². The minimum absolute atomic E-state index is 0.00494. The fourth-order valence-corrected chi connectivity index (χ4v) is 2.90. The summed E-state index contributed by atoms with van der Waals surface area (Å²) in [6.45, 7) is 0. The van der Waals surface area contributed by atoms with Crippen molar-refractivity contribution in [2.45, 2.75) is 11.1 Å². The van der Waals surface area contributed by atoms with Gasteiger partial charge in [-0.25, -0.2) is 0 Å². The maximum Gasteiger partial charge on any atom is 0.403 e. The normalized spacial score (nSPS) is 15.1. The molecule has 1 rings (SSSR count). The number of hydrogen-bond acceptors (Lipinski definition) is 2. The summed E-state index contributed by atoms with van der Waals surface area (Å²) in [7, 11) is -2.12. The standard InChI is InChI=1S/C10H8ClF3O3S/c11-7-3-1-2-4-8(7)18(17)5-6(9(15)16)10(12,13)14/h1-4,6H,5H2,(H,15,16). The topological polar surface area (TPSA) is 54.4 Å². The molecule has 1 aromatic carbocycles. The lowest BCUT2D eigenvalue weighted by Gasteiger charge is -2.15. The number of benzene rings is 1. The molecule has 0 saturated carbocycles. The number of carboxylic acids is 1. The molecule has 0 aliphatic rings. The predicted octanol–water partition coefficient (Wildman–Crippen LogP) is 2.71. The van der Waals surface area contributed by atoms with E-state index in [0.29, 0.717) is 0 Å². The zero-order chi connectivity index (χ0) is 13.9. The molecule has 2 unspecified atom stereocenters. The van der Waals surface area contributed by atoms with Gasteiger partial charge in [0.15, 0.2) is 5.92 Å². The number of carbonyl (C=O) groups is 1. The minimum Gasteiger partial charge on any atom is -0.481 e. The first-order chi connectivity index (χ1) is 8.23. The van der Waals surface area contributed by atoms with Crippen LogP contribution in [0.1, 0.15) is 0 Å². The molecular formula is C10H8ClF3O3S. The third kappa shape index (κ3) is 3.71. The lowest BCUT2D eigenvalue weighted by molar-refractivity contribution is -0.188. The van der Waals surface area contributed by atoms with Crippen LogP contribution in [0.2, 0.25) is 5.02 Å². The molecule has 0 bridgehead atoms. The van der Waals surface area contributed by atoms with Crippen molar-refractivity contribution in [2.24, 2.45) is 5.92 Å². The van der Waals surface area contributed by atoms with Crippen LogP contribution < -0.4 is 0 Å². The van der Waals surface area contributed by atoms with Gasteiger partial charge in [-0.1, -0.05) is 23.7 Å². The number of hydrogen-bond donors (Lipinski definition) is 1. The van der Waals surface area contributed by atoms with Crippen molar-refractivity contribution < 1.29 is 27.3 Å². The Labute approximate surface area is 108 Å². The molecule has 18 heavy (non-hydrogen) atoms. The highest BCUT2D eigenvalue weighted by Gasteiger charge is 2.46. The Balaban J connectivity index is 2.93. The molecule has 0 aliphatic heterocycles. The van der Waals surface area contributed by atoms with E-state index in [1.165, 1.54) is 24.3 Å². The molecule has 1 N–H and O–H groups in total. The second-order valence-electron chi connectivity index (χ2n) is 3.38. The molecule has 0 aliphatic carbocycles. The molecule has 8 heteroatoms. The quantitative estimate of drug-likeness (QED) is 0.930. The number of aliphatic carboxylic acids is 1. The molecule has 0 spiro atoms. The van der Waals surface area contributed by atoms with Crippen molar-refractivity contribution in [3.63, 3.8) is 0 Å². The van der Waals surface area contributed by atoms with Gasteiger partial charge in [0.2, 0.25) is 0 Å². The van der Waals surface area contributed by atoms with Crippen molar-refractivity contribution in [1.82, 2.24) is 0 Å². The van der Waals surface area contributed by atoms with Gasteiger partial charge in [0.25, 0.3) is 0 Å². The van der Waals surface area contributed by atoms with Crippen LogP contribution in [-0.2, 0) is 15.6 Å². The van der Waals surface area contributed by atoms with E-state index in [9.17, 15) is 22.2 Å². The molecule has 0 heterocycles. The lowest BCUT2D eigenvalue weighted by atomic mass is 10.2. The second kappa shape index (κ2) is 5.71. The van der Waals surface area contributed by atoms with Crippen LogP contribution in [0.3, 0.4) is 0 Å². The molecule has 3 nitrogen and oxygen atoms in total. The van der Waals surface area contributed by atoms with Crippen LogP contribution in [-0.4, -0.2) is 27.2 Å². The summed E-state index contributed by atoms with van der Waals surface area (Å²) in [4.78, 5) is 10.5. The third-order valence-corrected chi connectivity index (χ3v) is 4.02. The van der Waals surface area contributed by atoms with Crippen molar-refractivity contribution in [1.29, 1.82) is 0 Å². The van der Waals surface area contributed by atoms with Crippen LogP contribution in [0.25, 0.3) is 0 Å². The van der Waals surface area contributed by atoms with Crippen LogP contribution in [0.4, 0.5) is 13.2 Å². The summed E-state index contributed by atoms with van der Waals surface area (Å²) in [6.07, 6.45) is -4.94. The molecule has 0 aromatic heterocycles. The summed E-state index contributed by atoms with van der Waals surface area (Å²) in [5.41, 5.74) is 0. The zero-order valence-corrected chi connectivity index (χ0v) is 10.4. The molecular weight excluding hydrogens is 293 g/mol. The molecule has 100 valence electrons. The van der Waals surface area contributed by atoms with Gasteiger partial charge in [-0.05, 0) is 12.1 Å². The van der Waals surface area contributed by atoms with Crippen molar-refractivity contribution in [3.05, 3.63) is 29.3 Å². The van der Waals surface area contributed by atoms with Crippen LogP contribution in [0.15, 0.2) is 29.2 Å². The van der Waals surface area contributed by atoms with E-state index in [-0.39, 0.29) is 9.92 Å². The van der Waals surface area contributed by atoms with Gasteiger partial charge >= 0.3 is 12.1 Å². The lowest BCUT2D eigenvalue weighted by Crippen LogP contribution is -2.35. The highest BCUT2D eigenvalue weighted by molar-refractivity contribution is 7.85. The van der Waals surface area contributed by atoms with Gasteiger partial charge in [0, 0.05) is 0 Å². The molecule has 0 radical (unpaired) electrons. The average Bonchev–Trinajstić information content (AvgIpc) is 2.24. The monoisotopic (exact) mass is 300 g/mol. The Kier molecular flexibility index (Phi) is 4.75. The van der Waals surface area contributed by atoms with Crippen LogP contribution >= 0.6 is 11.6 Å². The molecule has 1 aromatic rings. The number of halogens is 4. The van der Waals surface area contributed by atoms with Crippen LogP contribution in [0, 0.1) is 5.92 Å². The Morgan fingerprint density at radius 3 is 2.39 bits per heavy atom. The number of alkyl halides is 3. The first-order valence-electron chi connectivity index (χ1n) is 4.66. The molecule has 0 fully saturated rings. The fraction of sp³-hybridized carbons (Fsp3) is 0.300. The van der Waals surface area contributed by atoms with E-state index in [4.69, 9.17) is 16.7 Å². The Bertz CT molecular complexity index is 476. The van der Waals surface area contributed by atoms with E-state index < -0.39 is 34.6 Å². The van der Waals surface area contributed by atoms with Gasteiger partial charge in [-0.3, -0.25) is 9.00 Å². The van der Waals surface area contributed by atoms with E-state index in [1.54, 1.807) is 0 Å². The largest absolute Gasteiger partial charge is 0.481 e. The second-order valence-corrected chi connectivity index (χ2v) is 5.25. The highest BCUT2D eigenvalue weighted by atomic mass is 35.5. The van der Waals surface area contributed by atoms with Gasteiger partial charge in [0.1, 0.15) is 0 Å². The summed E-state index contributed by atoms with van der Waals surface area (Å²) in [5.74, 6) is -5.78. The van der Waals surface area contributed by atoms with Crippen molar-refractivity contribution in [2.75, 3.05) is 5.75 Å². The van der Waals surface area contributed by atoms with Crippen LogP contribution in [0.5, 0.6) is 0 Å². The van der Waals surface area contributed by atoms with E-state index in [2.05, 4.69) is 0 Å². The number of rotatable bonds is 4. The first kappa shape index (κ1) is 15.0. The highest BCUT2D eigenvalue weighted by Crippen LogP contribution is 2.29. The predicted molar refractivity (Wildman–Crippen MR) is 59.9 cm³/mol. The molecule has 2 atom stereocenters. The van der Waals surface area contributed by atoms with E-state index in [0.717, 1.165) is 0 Å². The van der Waals surface area contributed by atoms with Gasteiger partial charge < -0.3 is 5.11 Å².